The summed E-state index contributed by atoms with van der Waals surface area (Å²) in [4.78, 5) is 28.0. The molecule has 2 unspecified atom stereocenters. The quantitative estimate of drug-likeness (QED) is 0.843. The number of thiophene rings is 1. The van der Waals surface area contributed by atoms with E-state index >= 15 is 0 Å². The minimum absolute atomic E-state index is 0. The van der Waals surface area contributed by atoms with Crippen molar-refractivity contribution >= 4 is 41.2 Å². The standard InChI is InChI=1S/C19H21N3O2S.ClH/c23-18(17-5-2-10-25-17)21-14-4-1-3-13(11-14)19(24)22-15-6-7-16(22)12-20-9-8-15;/h1-5,10-11,15-16,20H,6-9,12H2,(H,21,23);1H. The Morgan fingerprint density at radius 1 is 1.12 bits per heavy atom. The number of halogens is 1. The summed E-state index contributed by atoms with van der Waals surface area (Å²) in [7, 11) is 0. The van der Waals surface area contributed by atoms with E-state index in [4.69, 9.17) is 0 Å². The Labute approximate surface area is 163 Å². The van der Waals surface area contributed by atoms with E-state index in [1.807, 2.05) is 29.6 Å². The Morgan fingerprint density at radius 2 is 1.96 bits per heavy atom. The van der Waals surface area contributed by atoms with Gasteiger partial charge in [0.2, 0.25) is 0 Å². The summed E-state index contributed by atoms with van der Waals surface area (Å²) < 4.78 is 0. The molecule has 2 aliphatic heterocycles. The summed E-state index contributed by atoms with van der Waals surface area (Å²) in [5, 5.41) is 8.17. The van der Waals surface area contributed by atoms with E-state index in [0.717, 1.165) is 32.4 Å². The van der Waals surface area contributed by atoms with Crippen LogP contribution in [0.25, 0.3) is 0 Å². The third-order valence-corrected chi connectivity index (χ3v) is 5.87. The lowest BCUT2D eigenvalue weighted by atomic mass is 10.1. The number of carbonyl (C=O) groups is 2. The molecule has 0 radical (unpaired) electrons. The molecule has 2 atom stereocenters. The van der Waals surface area contributed by atoms with Gasteiger partial charge in [0.25, 0.3) is 11.8 Å². The molecular weight excluding hydrogens is 370 g/mol. The highest BCUT2D eigenvalue weighted by Gasteiger charge is 2.38. The fraction of sp³-hybridized carbons (Fsp3) is 0.368. The molecule has 1 aromatic heterocycles. The molecule has 2 bridgehead atoms. The molecule has 138 valence electrons. The highest BCUT2D eigenvalue weighted by Crippen LogP contribution is 2.30. The number of hydrogen-bond donors (Lipinski definition) is 2. The Hall–Kier alpha value is -1.89. The highest BCUT2D eigenvalue weighted by atomic mass is 35.5. The summed E-state index contributed by atoms with van der Waals surface area (Å²) in [5.74, 6) is -0.0675. The third-order valence-electron chi connectivity index (χ3n) is 5.00. The van der Waals surface area contributed by atoms with Crippen LogP contribution in [0.5, 0.6) is 0 Å². The number of fused-ring (bicyclic) bond motifs is 2. The van der Waals surface area contributed by atoms with Gasteiger partial charge in [-0.2, -0.15) is 0 Å². The van der Waals surface area contributed by atoms with Gasteiger partial charge >= 0.3 is 0 Å². The number of hydrogen-bond acceptors (Lipinski definition) is 4. The summed E-state index contributed by atoms with van der Waals surface area (Å²) in [6.07, 6.45) is 3.17. The zero-order valence-electron chi connectivity index (χ0n) is 14.3. The van der Waals surface area contributed by atoms with Crippen molar-refractivity contribution in [2.75, 3.05) is 18.4 Å². The van der Waals surface area contributed by atoms with Crippen molar-refractivity contribution in [3.63, 3.8) is 0 Å². The van der Waals surface area contributed by atoms with Crippen molar-refractivity contribution in [2.24, 2.45) is 0 Å². The smallest absolute Gasteiger partial charge is 0.265 e. The van der Waals surface area contributed by atoms with Crippen molar-refractivity contribution in [2.45, 2.75) is 31.3 Å². The zero-order chi connectivity index (χ0) is 17.2. The van der Waals surface area contributed by atoms with Crippen molar-refractivity contribution < 1.29 is 9.59 Å². The molecule has 2 amide bonds. The first-order valence-electron chi connectivity index (χ1n) is 8.70. The van der Waals surface area contributed by atoms with Gasteiger partial charge in [0, 0.05) is 29.9 Å². The van der Waals surface area contributed by atoms with Crippen molar-refractivity contribution in [3.05, 3.63) is 52.2 Å². The van der Waals surface area contributed by atoms with Crippen molar-refractivity contribution in [1.29, 1.82) is 0 Å². The van der Waals surface area contributed by atoms with Crippen LogP contribution in [-0.4, -0.2) is 41.9 Å². The van der Waals surface area contributed by atoms with Gasteiger partial charge in [0.15, 0.2) is 0 Å². The van der Waals surface area contributed by atoms with Gasteiger partial charge in [-0.3, -0.25) is 9.59 Å². The molecule has 2 saturated heterocycles. The molecular formula is C19H22ClN3O2S. The molecule has 4 rings (SSSR count). The maximum Gasteiger partial charge on any atom is 0.265 e. The average molecular weight is 392 g/mol. The van der Waals surface area contributed by atoms with E-state index in [9.17, 15) is 9.59 Å². The highest BCUT2D eigenvalue weighted by molar-refractivity contribution is 7.12. The van der Waals surface area contributed by atoms with Crippen LogP contribution < -0.4 is 10.6 Å². The molecule has 2 N–H and O–H groups in total. The van der Waals surface area contributed by atoms with Crippen LogP contribution in [0.4, 0.5) is 5.69 Å². The monoisotopic (exact) mass is 391 g/mol. The van der Waals surface area contributed by atoms with Crippen LogP contribution in [0.1, 0.15) is 39.3 Å². The first-order valence-corrected chi connectivity index (χ1v) is 9.58. The van der Waals surface area contributed by atoms with Gasteiger partial charge in [-0.15, -0.1) is 23.7 Å². The van der Waals surface area contributed by atoms with Crippen LogP contribution in [0.2, 0.25) is 0 Å². The lowest BCUT2D eigenvalue weighted by molar-refractivity contribution is 0.0680. The van der Waals surface area contributed by atoms with Gasteiger partial charge in [-0.05, 0) is 55.5 Å². The largest absolute Gasteiger partial charge is 0.331 e. The topological polar surface area (TPSA) is 61.4 Å². The van der Waals surface area contributed by atoms with Crippen LogP contribution in [0.15, 0.2) is 41.8 Å². The lowest BCUT2D eigenvalue weighted by Gasteiger charge is -2.28. The fourth-order valence-corrected chi connectivity index (χ4v) is 4.41. The summed E-state index contributed by atoms with van der Waals surface area (Å²) in [6.45, 7) is 1.85. The van der Waals surface area contributed by atoms with Crippen LogP contribution in [0.3, 0.4) is 0 Å². The number of carbonyl (C=O) groups excluding carboxylic acids is 2. The van der Waals surface area contributed by atoms with E-state index in [1.165, 1.54) is 11.3 Å². The summed E-state index contributed by atoms with van der Waals surface area (Å²) >= 11 is 1.40. The van der Waals surface area contributed by atoms with Gasteiger partial charge in [0.05, 0.1) is 4.88 Å². The van der Waals surface area contributed by atoms with Crippen molar-refractivity contribution in [1.82, 2.24) is 10.2 Å². The second-order valence-corrected chi connectivity index (χ2v) is 7.55. The maximum atomic E-state index is 13.1. The SMILES string of the molecule is Cl.O=C(Nc1cccc(C(=O)N2C3CCNCC2CC3)c1)c1cccs1. The number of nitrogens with one attached hydrogen (secondary N) is 2. The molecule has 5 nitrogen and oxygen atoms in total. The molecule has 0 aliphatic carbocycles. The number of nitrogens with zero attached hydrogens (tertiary/aromatic N) is 1. The van der Waals surface area contributed by atoms with Crippen LogP contribution in [-0.2, 0) is 0 Å². The second-order valence-electron chi connectivity index (χ2n) is 6.60. The molecule has 2 aliphatic rings. The van der Waals surface area contributed by atoms with Crippen molar-refractivity contribution in [3.8, 4) is 0 Å². The van der Waals surface area contributed by atoms with Crippen LogP contribution in [0, 0.1) is 0 Å². The molecule has 2 fully saturated rings. The first kappa shape index (κ1) is 18.9. The van der Waals surface area contributed by atoms with Gasteiger partial charge in [0.1, 0.15) is 0 Å². The minimum Gasteiger partial charge on any atom is -0.331 e. The summed E-state index contributed by atoms with van der Waals surface area (Å²) in [5.41, 5.74) is 1.30. The van der Waals surface area contributed by atoms with Gasteiger partial charge in [-0.1, -0.05) is 12.1 Å². The van der Waals surface area contributed by atoms with E-state index in [-0.39, 0.29) is 30.3 Å². The minimum atomic E-state index is -0.140. The van der Waals surface area contributed by atoms with Crippen LogP contribution >= 0.6 is 23.7 Å². The van der Waals surface area contributed by atoms with Gasteiger partial charge in [-0.25, -0.2) is 0 Å². The Balaban J connectivity index is 0.00000196. The molecule has 0 saturated carbocycles. The Morgan fingerprint density at radius 3 is 2.77 bits per heavy atom. The number of rotatable bonds is 3. The maximum absolute atomic E-state index is 13.1. The third kappa shape index (κ3) is 3.77. The molecule has 26 heavy (non-hydrogen) atoms. The predicted molar refractivity (Wildman–Crippen MR) is 106 cm³/mol. The average Bonchev–Trinajstić information content (AvgIpc) is 3.22. The summed E-state index contributed by atoms with van der Waals surface area (Å²) in [6, 6.07) is 11.5. The number of amides is 2. The molecule has 1 aromatic carbocycles. The van der Waals surface area contributed by atoms with E-state index in [2.05, 4.69) is 15.5 Å². The predicted octanol–water partition coefficient (Wildman–Crippen LogP) is 3.39. The van der Waals surface area contributed by atoms with E-state index < -0.39 is 0 Å². The second kappa shape index (κ2) is 8.20. The molecule has 3 heterocycles. The molecule has 0 spiro atoms. The lowest BCUT2D eigenvalue weighted by Crippen LogP contribution is -2.42. The van der Waals surface area contributed by atoms with E-state index in [1.54, 1.807) is 12.1 Å². The fourth-order valence-electron chi connectivity index (χ4n) is 3.79. The number of anilines is 1. The molecule has 2 aromatic rings. The number of benzene rings is 1. The van der Waals surface area contributed by atoms with E-state index in [0.29, 0.717) is 22.2 Å². The normalized spacial score (nSPS) is 21.6. The first-order chi connectivity index (χ1) is 12.2. The Bertz CT molecular complexity index is 767. The Kier molecular flexibility index (Phi) is 5.96. The zero-order valence-corrected chi connectivity index (χ0v) is 15.9. The van der Waals surface area contributed by atoms with Gasteiger partial charge < -0.3 is 15.5 Å². The molecule has 7 heteroatoms.